The summed E-state index contributed by atoms with van der Waals surface area (Å²) < 4.78 is 0. The Hall–Kier alpha value is -2.60. The first-order chi connectivity index (χ1) is 14.2. The molecule has 0 heteroatoms. The molecule has 3 aromatic rings. The van der Waals surface area contributed by atoms with Crippen molar-refractivity contribution in [1.82, 2.24) is 0 Å². The van der Waals surface area contributed by atoms with Crippen LogP contribution >= 0.6 is 0 Å². The van der Waals surface area contributed by atoms with Gasteiger partial charge in [0.05, 0.1) is 0 Å². The predicted molar refractivity (Wildman–Crippen MR) is 122 cm³/mol. The number of aryl methyl sites for hydroxylation is 2. The molecule has 2 saturated carbocycles. The number of hydrogen-bond donors (Lipinski definition) is 0. The zero-order chi connectivity index (χ0) is 19.5. The third kappa shape index (κ3) is 2.45. The van der Waals surface area contributed by atoms with Crippen molar-refractivity contribution in [2.24, 2.45) is 17.8 Å². The molecule has 3 aliphatic rings. The zero-order valence-corrected chi connectivity index (χ0v) is 17.4. The second-order valence-electron chi connectivity index (χ2n) is 9.39. The molecule has 0 radical (unpaired) electrons. The number of rotatable bonds is 2. The van der Waals surface area contributed by atoms with Crippen LogP contribution in [0.25, 0.3) is 11.1 Å². The fourth-order valence-corrected chi connectivity index (χ4v) is 6.92. The molecule has 2 fully saturated rings. The summed E-state index contributed by atoms with van der Waals surface area (Å²) in [7, 11) is 0. The molecule has 0 heterocycles. The molecule has 3 aromatic carbocycles. The number of fused-ring (bicyclic) bond motifs is 7. The number of benzene rings is 3. The summed E-state index contributed by atoms with van der Waals surface area (Å²) in [5.74, 6) is 3.18. The number of hydrogen-bond acceptors (Lipinski definition) is 0. The summed E-state index contributed by atoms with van der Waals surface area (Å²) in [4.78, 5) is 0. The molecule has 29 heavy (non-hydrogen) atoms. The Kier molecular flexibility index (Phi) is 3.85. The summed E-state index contributed by atoms with van der Waals surface area (Å²) in [5, 5.41) is 0. The first-order valence-corrected chi connectivity index (χ1v) is 11.2. The first-order valence-electron chi connectivity index (χ1n) is 11.2. The van der Waals surface area contributed by atoms with Gasteiger partial charge in [0.25, 0.3) is 0 Å². The third-order valence-corrected chi connectivity index (χ3v) is 7.92. The normalized spacial score (nSPS) is 28.3. The maximum absolute atomic E-state index is 2.42. The average molecular weight is 377 g/mol. The van der Waals surface area contributed by atoms with E-state index >= 15 is 0 Å². The third-order valence-electron chi connectivity index (χ3n) is 7.92. The molecule has 0 saturated heterocycles. The summed E-state index contributed by atoms with van der Waals surface area (Å²) >= 11 is 0. The topological polar surface area (TPSA) is 0 Å². The molecule has 3 aliphatic carbocycles. The van der Waals surface area contributed by atoms with Gasteiger partial charge < -0.3 is 0 Å². The highest BCUT2D eigenvalue weighted by atomic mass is 14.6. The van der Waals surface area contributed by atoms with Crippen molar-refractivity contribution < 1.29 is 0 Å². The van der Waals surface area contributed by atoms with Crippen LogP contribution in [0.15, 0.2) is 72.8 Å². The minimum Gasteiger partial charge on any atom is -0.0622 e. The Labute approximate surface area is 174 Å². The molecule has 6 rings (SSSR count). The van der Waals surface area contributed by atoms with Gasteiger partial charge in [0.2, 0.25) is 0 Å². The van der Waals surface area contributed by atoms with Gasteiger partial charge in [-0.15, -0.1) is 0 Å². The van der Waals surface area contributed by atoms with Crippen molar-refractivity contribution in [3.05, 3.63) is 106 Å². The van der Waals surface area contributed by atoms with Crippen molar-refractivity contribution in [3.8, 4) is 0 Å². The summed E-state index contributed by atoms with van der Waals surface area (Å²) in [6.45, 7) is 4.57. The fourth-order valence-electron chi connectivity index (χ4n) is 6.92. The molecule has 4 unspecified atom stereocenters. The van der Waals surface area contributed by atoms with Crippen LogP contribution in [0.4, 0.5) is 0 Å². The molecule has 4 atom stereocenters. The van der Waals surface area contributed by atoms with E-state index in [0.29, 0.717) is 5.92 Å². The largest absolute Gasteiger partial charge is 0.0622 e. The molecular weight excluding hydrogens is 348 g/mol. The van der Waals surface area contributed by atoms with Crippen LogP contribution in [0, 0.1) is 31.6 Å². The van der Waals surface area contributed by atoms with Crippen LogP contribution in [-0.2, 0) is 0 Å². The van der Waals surface area contributed by atoms with Gasteiger partial charge in [-0.3, -0.25) is 0 Å². The van der Waals surface area contributed by atoms with Crippen LogP contribution in [0.5, 0.6) is 0 Å². The molecule has 0 spiro atoms. The maximum atomic E-state index is 2.42. The van der Waals surface area contributed by atoms with Gasteiger partial charge in [-0.05, 0) is 101 Å². The van der Waals surface area contributed by atoms with Crippen LogP contribution in [0.2, 0.25) is 0 Å². The molecule has 0 nitrogen and oxygen atoms in total. The lowest BCUT2D eigenvalue weighted by molar-refractivity contribution is 0.365. The zero-order valence-electron chi connectivity index (χ0n) is 17.4. The molecule has 0 amide bonds. The highest BCUT2D eigenvalue weighted by molar-refractivity contribution is 6.03. The van der Waals surface area contributed by atoms with E-state index in [1.807, 2.05) is 0 Å². The molecule has 144 valence electrons. The van der Waals surface area contributed by atoms with Gasteiger partial charge in [-0.1, -0.05) is 72.8 Å². The average Bonchev–Trinajstić information content (AvgIpc) is 3.44. The fraction of sp³-hybridized carbons (Fsp3) is 0.310. The Morgan fingerprint density at radius 3 is 2.10 bits per heavy atom. The smallest absolute Gasteiger partial charge is 0.00493 e. The van der Waals surface area contributed by atoms with E-state index in [4.69, 9.17) is 0 Å². The van der Waals surface area contributed by atoms with Crippen molar-refractivity contribution in [1.29, 1.82) is 0 Å². The lowest BCUT2D eigenvalue weighted by Gasteiger charge is -2.28. The Balaban J connectivity index is 1.72. The van der Waals surface area contributed by atoms with Crippen molar-refractivity contribution in [2.75, 3.05) is 0 Å². The van der Waals surface area contributed by atoms with Crippen LogP contribution in [0.3, 0.4) is 0 Å². The summed E-state index contributed by atoms with van der Waals surface area (Å²) in [6, 6.07) is 27.3. The standard InChI is InChI=1S/C29H28/c1-18-9-8-10-19(2)25(18)27(20-11-4-3-5-12-20)29-24-14-7-6-13-23(24)26-21-15-16-22(17-21)28(26)29/h3-14,21-22,26,28H,15-17H2,1-2H3/b29-27-. The SMILES string of the molecule is Cc1cccc(C)c1/C(=C1/c2ccccc2C2C3CCC(C3)C12)c1ccccc1. The second kappa shape index (κ2) is 6.46. The van der Waals surface area contributed by atoms with E-state index in [9.17, 15) is 0 Å². The van der Waals surface area contributed by atoms with E-state index in [1.54, 1.807) is 11.1 Å². The van der Waals surface area contributed by atoms with Crippen LogP contribution < -0.4 is 0 Å². The highest BCUT2D eigenvalue weighted by Crippen LogP contribution is 2.66. The van der Waals surface area contributed by atoms with Gasteiger partial charge in [0.15, 0.2) is 0 Å². The quantitative estimate of drug-likeness (QED) is 0.437. The van der Waals surface area contributed by atoms with E-state index in [-0.39, 0.29) is 0 Å². The first kappa shape index (κ1) is 17.3. The molecular formula is C29H28. The van der Waals surface area contributed by atoms with Crippen LogP contribution in [0.1, 0.15) is 58.6 Å². The minimum atomic E-state index is 0.695. The Morgan fingerprint density at radius 1 is 0.690 bits per heavy atom. The lowest BCUT2D eigenvalue weighted by atomic mass is 9.75. The maximum Gasteiger partial charge on any atom is -0.00493 e. The summed E-state index contributed by atoms with van der Waals surface area (Å²) in [5.41, 5.74) is 11.9. The minimum absolute atomic E-state index is 0.695. The van der Waals surface area contributed by atoms with Crippen molar-refractivity contribution in [3.63, 3.8) is 0 Å². The monoisotopic (exact) mass is 376 g/mol. The highest BCUT2D eigenvalue weighted by Gasteiger charge is 2.54. The van der Waals surface area contributed by atoms with Gasteiger partial charge in [-0.25, -0.2) is 0 Å². The molecule has 0 N–H and O–H groups in total. The van der Waals surface area contributed by atoms with Gasteiger partial charge >= 0.3 is 0 Å². The lowest BCUT2D eigenvalue weighted by Crippen LogP contribution is -2.17. The Bertz CT molecular complexity index is 1100. The van der Waals surface area contributed by atoms with E-state index in [0.717, 1.165) is 17.8 Å². The predicted octanol–water partition coefficient (Wildman–Crippen LogP) is 7.41. The Morgan fingerprint density at radius 2 is 1.34 bits per heavy atom. The van der Waals surface area contributed by atoms with Gasteiger partial charge in [0, 0.05) is 0 Å². The molecule has 2 bridgehead atoms. The molecule has 0 aromatic heterocycles. The summed E-state index contributed by atoms with van der Waals surface area (Å²) in [6.07, 6.45) is 4.28. The second-order valence-corrected chi connectivity index (χ2v) is 9.39. The van der Waals surface area contributed by atoms with E-state index < -0.39 is 0 Å². The van der Waals surface area contributed by atoms with E-state index in [2.05, 4.69) is 86.6 Å². The van der Waals surface area contributed by atoms with Crippen molar-refractivity contribution in [2.45, 2.75) is 39.0 Å². The molecule has 0 aliphatic heterocycles. The van der Waals surface area contributed by atoms with Gasteiger partial charge in [-0.2, -0.15) is 0 Å². The van der Waals surface area contributed by atoms with Gasteiger partial charge in [0.1, 0.15) is 0 Å². The van der Waals surface area contributed by atoms with Crippen LogP contribution in [-0.4, -0.2) is 0 Å². The number of allylic oxidation sites excluding steroid dienone is 1. The van der Waals surface area contributed by atoms with Crippen molar-refractivity contribution >= 4 is 11.1 Å². The van der Waals surface area contributed by atoms with E-state index in [1.165, 1.54) is 52.7 Å².